The molecule has 0 aliphatic heterocycles. The summed E-state index contributed by atoms with van der Waals surface area (Å²) < 4.78 is 0. The molecule has 0 aromatic carbocycles. The van der Waals surface area contributed by atoms with Gasteiger partial charge in [0.2, 0.25) is 0 Å². The second kappa shape index (κ2) is 3.71. The van der Waals surface area contributed by atoms with Crippen LogP contribution in [-0.2, 0) is 0 Å². The molecule has 0 spiro atoms. The molecule has 1 heterocycles. The summed E-state index contributed by atoms with van der Waals surface area (Å²) in [5.74, 6) is 0.560. The molecule has 0 fully saturated rings. The smallest absolute Gasteiger partial charge is 0.412 e. The molecule has 0 saturated carbocycles. The molecule has 1 aromatic heterocycles. The monoisotopic (exact) mass is 183 g/mol. The summed E-state index contributed by atoms with van der Waals surface area (Å²) in [5, 5.41) is 6.55. The van der Waals surface area contributed by atoms with Gasteiger partial charge in [0.15, 0.2) is 5.69 Å². The molecule has 1 N–H and O–H groups in total. The van der Waals surface area contributed by atoms with Crippen LogP contribution in [-0.4, -0.2) is 10.1 Å². The minimum absolute atomic E-state index is 0. The summed E-state index contributed by atoms with van der Waals surface area (Å²) in [6.45, 7) is 1.67. The van der Waals surface area contributed by atoms with Gasteiger partial charge in [-0.15, -0.1) is 0 Å². The molecule has 0 atom stereocenters. The summed E-state index contributed by atoms with van der Waals surface area (Å²) in [7, 11) is 0. The van der Waals surface area contributed by atoms with Crippen LogP contribution in [0.2, 0.25) is 0 Å². The van der Waals surface area contributed by atoms with E-state index in [4.69, 9.17) is 0 Å². The molecule has 0 saturated heterocycles. The molecule has 0 aliphatic rings. The van der Waals surface area contributed by atoms with Crippen LogP contribution in [0.5, 0.6) is 0 Å². The van der Waals surface area contributed by atoms with Crippen LogP contribution in [0.25, 0.3) is 0 Å². The summed E-state index contributed by atoms with van der Waals surface area (Å²) >= 11 is 0. The van der Waals surface area contributed by atoms with E-state index in [2.05, 4.69) is 15.2 Å². The van der Waals surface area contributed by atoms with Gasteiger partial charge in [-0.2, -0.15) is 0 Å². The molecule has 38 valence electrons. The predicted molar refractivity (Wildman–Crippen MR) is 22.9 cm³/mol. The van der Waals surface area contributed by atoms with E-state index in [0.717, 1.165) is 0 Å². The van der Waals surface area contributed by atoms with Crippen LogP contribution in [0.15, 0.2) is 4.79 Å². The van der Waals surface area contributed by atoms with Crippen molar-refractivity contribution < 1.29 is 58.2 Å². The number of H-pyrrole nitrogens is 1. The van der Waals surface area contributed by atoms with Crippen LogP contribution in [0.3, 0.4) is 0 Å². The SMILES string of the molecule is Cc1n[n-]c(=O)[nH]1.[Rb+]. The van der Waals surface area contributed by atoms with Crippen LogP contribution < -0.4 is 69.0 Å². The van der Waals surface area contributed by atoms with E-state index in [9.17, 15) is 4.79 Å². The molecule has 1 aromatic rings. The Morgan fingerprint density at radius 3 is 2.50 bits per heavy atom. The summed E-state index contributed by atoms with van der Waals surface area (Å²) in [6, 6.07) is 0. The number of rotatable bonds is 0. The zero-order valence-electron chi connectivity index (χ0n) is 4.80. The van der Waals surface area contributed by atoms with E-state index < -0.39 is 0 Å². The first kappa shape index (κ1) is 8.75. The Morgan fingerprint density at radius 1 is 1.75 bits per heavy atom. The van der Waals surface area contributed by atoms with Gasteiger partial charge in [0.1, 0.15) is 0 Å². The molecule has 5 heteroatoms. The van der Waals surface area contributed by atoms with Gasteiger partial charge in [0, 0.05) is 5.82 Å². The van der Waals surface area contributed by atoms with Gasteiger partial charge < -0.3 is 10.1 Å². The minimum atomic E-state index is -0.377. The van der Waals surface area contributed by atoms with Crippen molar-refractivity contribution in [3.05, 3.63) is 16.3 Å². The standard InChI is InChI=1S/C3H5N3O.Rb/c1-2-4-3(7)6-5-2;/h1H3,(H2,4,5,6,7);/q;+1/p-1. The van der Waals surface area contributed by atoms with Gasteiger partial charge in [0.25, 0.3) is 0 Å². The Balaban J connectivity index is 0.000000490. The Morgan fingerprint density at radius 2 is 2.38 bits per heavy atom. The number of aryl methyl sites for hydroxylation is 1. The Labute approximate surface area is 94.9 Å². The second-order valence-electron chi connectivity index (χ2n) is 1.22. The molecule has 8 heavy (non-hydrogen) atoms. The number of aromatic nitrogens is 3. The summed E-state index contributed by atoms with van der Waals surface area (Å²) in [6.07, 6.45) is 0. The van der Waals surface area contributed by atoms with E-state index in [1.165, 1.54) is 0 Å². The quantitative estimate of drug-likeness (QED) is 0.447. The Bertz CT molecular complexity index is 202. The minimum Gasteiger partial charge on any atom is -0.412 e. The fourth-order valence-corrected chi connectivity index (χ4v) is 0.325. The average Bonchev–Trinajstić information content (AvgIpc) is 1.87. The maximum absolute atomic E-state index is 10.1. The van der Waals surface area contributed by atoms with Crippen molar-refractivity contribution in [1.82, 2.24) is 15.2 Å². The third kappa shape index (κ3) is 2.34. The van der Waals surface area contributed by atoms with E-state index >= 15 is 0 Å². The van der Waals surface area contributed by atoms with Crippen LogP contribution in [0, 0.1) is 6.92 Å². The first-order valence-electron chi connectivity index (χ1n) is 1.85. The van der Waals surface area contributed by atoms with Crippen LogP contribution >= 0.6 is 0 Å². The average molecular weight is 184 g/mol. The fourth-order valence-electron chi connectivity index (χ4n) is 0.325. The largest absolute Gasteiger partial charge is 1.00 e. The maximum Gasteiger partial charge on any atom is 1.00 e. The van der Waals surface area contributed by atoms with Crippen molar-refractivity contribution in [2.75, 3.05) is 0 Å². The topological polar surface area (TPSA) is 59.9 Å². The zero-order chi connectivity index (χ0) is 5.28. The Kier molecular flexibility index (Phi) is 4.06. The van der Waals surface area contributed by atoms with E-state index in [1.54, 1.807) is 6.92 Å². The molecule has 0 unspecified atom stereocenters. The molecular formula is C3H4N3ORb. The van der Waals surface area contributed by atoms with Crippen molar-refractivity contribution >= 4 is 0 Å². The first-order valence-corrected chi connectivity index (χ1v) is 1.85. The van der Waals surface area contributed by atoms with Gasteiger partial charge >= 0.3 is 58.2 Å². The van der Waals surface area contributed by atoms with Gasteiger partial charge in [-0.3, -0.25) is 9.89 Å². The molecule has 0 amide bonds. The van der Waals surface area contributed by atoms with Crippen molar-refractivity contribution in [2.24, 2.45) is 0 Å². The number of nitrogens with one attached hydrogen (secondary N) is 1. The molecular weight excluding hydrogens is 180 g/mol. The zero-order valence-corrected chi connectivity index (χ0v) is 9.72. The third-order valence-corrected chi connectivity index (χ3v) is 0.579. The van der Waals surface area contributed by atoms with Crippen LogP contribution in [0.1, 0.15) is 5.82 Å². The summed E-state index contributed by atoms with van der Waals surface area (Å²) in [5.41, 5.74) is -0.377. The van der Waals surface area contributed by atoms with Crippen molar-refractivity contribution in [3.63, 3.8) is 0 Å². The van der Waals surface area contributed by atoms with Gasteiger partial charge in [0.05, 0.1) is 0 Å². The van der Waals surface area contributed by atoms with Gasteiger partial charge in [-0.05, 0) is 6.92 Å². The predicted octanol–water partition coefficient (Wildman–Crippen LogP) is -3.96. The summed E-state index contributed by atoms with van der Waals surface area (Å²) in [4.78, 5) is 12.4. The number of aromatic amines is 1. The van der Waals surface area contributed by atoms with Crippen LogP contribution in [0.4, 0.5) is 0 Å². The van der Waals surface area contributed by atoms with Gasteiger partial charge in [-0.25, -0.2) is 0 Å². The van der Waals surface area contributed by atoms with E-state index in [-0.39, 0.29) is 63.9 Å². The molecule has 0 bridgehead atoms. The number of nitrogens with zero attached hydrogens (tertiary/aromatic N) is 2. The number of hydrogen-bond acceptors (Lipinski definition) is 2. The normalized spacial score (nSPS) is 8.12. The maximum atomic E-state index is 10.1. The van der Waals surface area contributed by atoms with Crippen molar-refractivity contribution in [2.45, 2.75) is 6.92 Å². The molecule has 0 aliphatic carbocycles. The Hall–Kier alpha value is 0.745. The van der Waals surface area contributed by atoms with E-state index in [1.807, 2.05) is 0 Å². The molecule has 1 rings (SSSR count). The van der Waals surface area contributed by atoms with Crippen molar-refractivity contribution in [3.8, 4) is 0 Å². The first-order chi connectivity index (χ1) is 3.29. The molecule has 4 nitrogen and oxygen atoms in total. The number of hydrogen-bond donors (Lipinski definition) is 1. The second-order valence-corrected chi connectivity index (χ2v) is 1.22. The molecule has 0 radical (unpaired) electrons. The van der Waals surface area contributed by atoms with Crippen molar-refractivity contribution in [1.29, 1.82) is 0 Å². The van der Waals surface area contributed by atoms with E-state index in [0.29, 0.717) is 5.82 Å². The fraction of sp³-hybridized carbons (Fsp3) is 0.333. The third-order valence-electron chi connectivity index (χ3n) is 0.579. The van der Waals surface area contributed by atoms with Gasteiger partial charge in [-0.1, -0.05) is 0 Å².